The fourth-order valence-electron chi connectivity index (χ4n) is 6.21. The number of rotatable bonds is 10. The van der Waals surface area contributed by atoms with Crippen LogP contribution in [0.15, 0.2) is 12.1 Å². The summed E-state index contributed by atoms with van der Waals surface area (Å²) in [6, 6.07) is 3.04. The van der Waals surface area contributed by atoms with Crippen molar-refractivity contribution >= 4 is 12.1 Å². The lowest BCUT2D eigenvalue weighted by molar-refractivity contribution is -0.134. The summed E-state index contributed by atoms with van der Waals surface area (Å²) in [6.45, 7) is 9.88. The van der Waals surface area contributed by atoms with Crippen molar-refractivity contribution in [1.82, 2.24) is 5.32 Å². The lowest BCUT2D eigenvalue weighted by atomic mass is 9.59. The Morgan fingerprint density at radius 3 is 2.46 bits per heavy atom. The fourth-order valence-corrected chi connectivity index (χ4v) is 6.21. The molecule has 1 amide bonds. The zero-order chi connectivity index (χ0) is 27.1. The maximum atomic E-state index is 15.5. The second kappa shape index (κ2) is 13.1. The van der Waals surface area contributed by atoms with Crippen molar-refractivity contribution in [2.24, 2.45) is 5.92 Å². The van der Waals surface area contributed by atoms with E-state index in [0.29, 0.717) is 18.4 Å². The first-order chi connectivity index (χ1) is 17.5. The van der Waals surface area contributed by atoms with Crippen molar-refractivity contribution in [3.63, 3.8) is 0 Å². The Morgan fingerprint density at radius 2 is 1.76 bits per heavy atom. The van der Waals surface area contributed by atoms with Crippen LogP contribution >= 0.6 is 0 Å². The molecule has 0 unspecified atom stereocenters. The zero-order valence-corrected chi connectivity index (χ0v) is 23.7. The predicted octanol–water partition coefficient (Wildman–Crippen LogP) is 8.16. The third kappa shape index (κ3) is 8.19. The average molecular weight is 518 g/mol. The Kier molecular flexibility index (Phi) is 10.4. The highest BCUT2D eigenvalue weighted by Crippen LogP contribution is 2.48. The first-order valence-electron chi connectivity index (χ1n) is 14.6. The molecule has 2 bridgehead atoms. The van der Waals surface area contributed by atoms with E-state index < -0.39 is 17.1 Å². The van der Waals surface area contributed by atoms with Crippen LogP contribution in [0.5, 0.6) is 5.75 Å². The number of carbonyl (C=O) groups excluding carboxylic acids is 2. The molecule has 0 heterocycles. The van der Waals surface area contributed by atoms with Crippen LogP contribution in [0, 0.1) is 11.7 Å². The molecular weight excluding hydrogens is 469 g/mol. The summed E-state index contributed by atoms with van der Waals surface area (Å²) in [5.41, 5.74) is 0.480. The molecule has 6 heteroatoms. The van der Waals surface area contributed by atoms with Gasteiger partial charge < -0.3 is 14.8 Å². The topological polar surface area (TPSA) is 64.6 Å². The molecule has 5 nitrogen and oxygen atoms in total. The molecule has 3 rings (SSSR count). The van der Waals surface area contributed by atoms with E-state index in [0.717, 1.165) is 56.9 Å². The molecule has 208 valence electrons. The summed E-state index contributed by atoms with van der Waals surface area (Å²) in [7, 11) is 0. The van der Waals surface area contributed by atoms with Crippen LogP contribution in [0.2, 0.25) is 0 Å². The summed E-state index contributed by atoms with van der Waals surface area (Å²) < 4.78 is 26.7. The molecule has 3 atom stereocenters. The van der Waals surface area contributed by atoms with Crippen molar-refractivity contribution in [2.75, 3.05) is 0 Å². The Labute approximate surface area is 223 Å². The van der Waals surface area contributed by atoms with Gasteiger partial charge in [0.1, 0.15) is 17.2 Å². The number of nitrogens with one attached hydrogen (secondary N) is 1. The van der Waals surface area contributed by atoms with Crippen molar-refractivity contribution in [1.29, 1.82) is 0 Å². The summed E-state index contributed by atoms with van der Waals surface area (Å²) in [5, 5.41) is 3.17. The number of ether oxygens (including phenoxy) is 2. The van der Waals surface area contributed by atoms with Gasteiger partial charge in [-0.3, -0.25) is 4.79 Å². The summed E-state index contributed by atoms with van der Waals surface area (Å²) in [4.78, 5) is 25.4. The molecule has 1 aromatic rings. The van der Waals surface area contributed by atoms with Crippen molar-refractivity contribution in [3.05, 3.63) is 29.1 Å². The SMILES string of the molecule is CCCCCCCCCC(=O)Oc1cc(F)c2c(c1)[C@@]1(C)CCCCC[C@@H](C2)[C@@H]1NC(=O)OC(C)(C)C. The molecule has 0 radical (unpaired) electrons. The van der Waals surface area contributed by atoms with Crippen molar-refractivity contribution < 1.29 is 23.5 Å². The number of carbonyl (C=O) groups is 2. The predicted molar refractivity (Wildman–Crippen MR) is 145 cm³/mol. The fraction of sp³-hybridized carbons (Fsp3) is 0.742. The van der Waals surface area contributed by atoms with Crippen LogP contribution in [0.3, 0.4) is 0 Å². The van der Waals surface area contributed by atoms with Gasteiger partial charge in [0.25, 0.3) is 0 Å². The average Bonchev–Trinajstić information content (AvgIpc) is 2.79. The van der Waals surface area contributed by atoms with E-state index >= 15 is 4.39 Å². The van der Waals surface area contributed by atoms with Crippen molar-refractivity contribution in [3.8, 4) is 5.75 Å². The molecule has 2 aliphatic rings. The summed E-state index contributed by atoms with van der Waals surface area (Å²) in [5.74, 6) is -0.232. The highest BCUT2D eigenvalue weighted by molar-refractivity contribution is 5.72. The summed E-state index contributed by atoms with van der Waals surface area (Å²) >= 11 is 0. The molecule has 1 saturated carbocycles. The number of benzene rings is 1. The number of halogens is 1. The minimum atomic E-state index is -0.595. The van der Waals surface area contributed by atoms with Crippen molar-refractivity contribution in [2.45, 2.75) is 142 Å². The Balaban J connectivity index is 1.75. The van der Waals surface area contributed by atoms with Gasteiger partial charge in [-0.1, -0.05) is 71.6 Å². The van der Waals surface area contributed by atoms with Crippen LogP contribution in [0.25, 0.3) is 0 Å². The van der Waals surface area contributed by atoms with Gasteiger partial charge in [0.05, 0.1) is 0 Å². The van der Waals surface area contributed by atoms with Gasteiger partial charge in [-0.2, -0.15) is 0 Å². The van der Waals surface area contributed by atoms with E-state index in [-0.39, 0.29) is 29.5 Å². The molecule has 1 fully saturated rings. The Hall–Kier alpha value is -2.11. The minimum Gasteiger partial charge on any atom is -0.444 e. The van der Waals surface area contributed by atoms with Gasteiger partial charge in [0, 0.05) is 23.9 Å². The summed E-state index contributed by atoms with van der Waals surface area (Å²) in [6.07, 6.45) is 13.3. The van der Waals surface area contributed by atoms with Crippen LogP contribution in [-0.2, 0) is 21.4 Å². The van der Waals surface area contributed by atoms with Crippen LogP contribution in [0.1, 0.15) is 129 Å². The van der Waals surface area contributed by atoms with Gasteiger partial charge in [0.15, 0.2) is 0 Å². The standard InChI is InChI=1S/C31H48FNO4/c1-6-7-8-9-10-11-14-17-27(34)36-23-20-25-24(26(32)21-23)19-22-16-13-12-15-18-31(25,5)28(22)33-29(35)37-30(2,3)4/h20-22,28H,6-19H2,1-5H3,(H,33,35)/t22-,28-,31+/m0/s1. The van der Waals surface area contributed by atoms with E-state index in [1.165, 1.54) is 31.7 Å². The van der Waals surface area contributed by atoms with E-state index in [9.17, 15) is 9.59 Å². The quantitative estimate of drug-likeness (QED) is 0.193. The molecule has 1 aromatic carbocycles. The molecular formula is C31H48FNO4. The Bertz CT molecular complexity index is 925. The van der Waals surface area contributed by atoms with Gasteiger partial charge in [-0.05, 0) is 69.6 Å². The molecule has 2 aliphatic carbocycles. The maximum absolute atomic E-state index is 15.5. The van der Waals surface area contributed by atoms with E-state index in [1.54, 1.807) is 0 Å². The monoisotopic (exact) mass is 517 g/mol. The second-order valence-electron chi connectivity index (χ2n) is 12.4. The third-order valence-corrected chi connectivity index (χ3v) is 8.07. The van der Waals surface area contributed by atoms with Crippen LogP contribution in [0.4, 0.5) is 9.18 Å². The lowest BCUT2D eigenvalue weighted by Gasteiger charge is -2.49. The number of alkyl carbamates (subject to hydrolysis) is 1. The van der Waals surface area contributed by atoms with Gasteiger partial charge in [0.2, 0.25) is 0 Å². The zero-order valence-electron chi connectivity index (χ0n) is 23.7. The number of amides is 1. The first-order valence-corrected chi connectivity index (χ1v) is 14.6. The van der Waals surface area contributed by atoms with Gasteiger partial charge in [-0.15, -0.1) is 0 Å². The van der Waals surface area contributed by atoms with E-state index in [1.807, 2.05) is 26.8 Å². The highest BCUT2D eigenvalue weighted by Gasteiger charge is 2.48. The molecule has 0 spiro atoms. The molecule has 0 saturated heterocycles. The first kappa shape index (κ1) is 29.4. The molecule has 0 aliphatic heterocycles. The van der Waals surface area contributed by atoms with Gasteiger partial charge >= 0.3 is 12.1 Å². The van der Waals surface area contributed by atoms with Crippen LogP contribution < -0.4 is 10.1 Å². The number of hydrogen-bond acceptors (Lipinski definition) is 4. The molecule has 1 N–H and O–H groups in total. The smallest absolute Gasteiger partial charge is 0.407 e. The highest BCUT2D eigenvalue weighted by atomic mass is 19.1. The van der Waals surface area contributed by atoms with E-state index in [2.05, 4.69) is 19.2 Å². The second-order valence-corrected chi connectivity index (χ2v) is 12.4. The molecule has 0 aromatic heterocycles. The maximum Gasteiger partial charge on any atom is 0.407 e. The minimum absolute atomic E-state index is 0.130. The van der Waals surface area contributed by atoms with Gasteiger partial charge in [-0.25, -0.2) is 9.18 Å². The van der Waals surface area contributed by atoms with E-state index in [4.69, 9.17) is 9.47 Å². The van der Waals surface area contributed by atoms with Crippen LogP contribution in [-0.4, -0.2) is 23.7 Å². The Morgan fingerprint density at radius 1 is 1.05 bits per heavy atom. The largest absolute Gasteiger partial charge is 0.444 e. The normalized spacial score (nSPS) is 23.4. The number of unbranched alkanes of at least 4 members (excludes halogenated alkanes) is 6. The number of fused-ring (bicyclic) bond motifs is 4. The number of esters is 1. The lowest BCUT2D eigenvalue weighted by Crippen LogP contribution is -2.57. The third-order valence-electron chi connectivity index (χ3n) is 8.07. The number of hydrogen-bond donors (Lipinski definition) is 1. The molecule has 37 heavy (non-hydrogen) atoms.